The lowest BCUT2D eigenvalue weighted by Gasteiger charge is -2.34. The monoisotopic (exact) mass is 483 g/mol. The van der Waals surface area contributed by atoms with Gasteiger partial charge in [0.15, 0.2) is 5.60 Å². The lowest BCUT2D eigenvalue weighted by Crippen LogP contribution is -2.45. The fourth-order valence-electron chi connectivity index (χ4n) is 5.12. The smallest absolute Gasteiger partial charge is 0.338 e. The molecule has 1 heterocycles. The number of aryl methyl sites for hydroxylation is 2. The third-order valence-corrected chi connectivity index (χ3v) is 7.16. The van der Waals surface area contributed by atoms with E-state index in [0.717, 1.165) is 68.4 Å². The molecule has 2 aromatic rings. The van der Waals surface area contributed by atoms with Gasteiger partial charge in [-0.15, -0.1) is 0 Å². The van der Waals surface area contributed by atoms with Crippen molar-refractivity contribution < 1.29 is 23.4 Å². The van der Waals surface area contributed by atoms with Crippen LogP contribution in [-0.2, 0) is 25.6 Å². The molecule has 1 aromatic carbocycles. The highest BCUT2D eigenvalue weighted by atomic mass is 16.6. The Bertz CT molecular complexity index is 981. The molecule has 192 valence electrons. The molecule has 2 atom stereocenters. The average Bonchev–Trinajstić information content (AvgIpc) is 3.44. The van der Waals surface area contributed by atoms with Crippen LogP contribution in [0.1, 0.15) is 89.2 Å². The van der Waals surface area contributed by atoms with Gasteiger partial charge in [-0.2, -0.15) is 0 Å². The molecule has 1 aromatic heterocycles. The fraction of sp³-hybridized carbons (Fsp3) is 0.655. The van der Waals surface area contributed by atoms with Crippen molar-refractivity contribution in [2.75, 3.05) is 6.61 Å². The van der Waals surface area contributed by atoms with Gasteiger partial charge < -0.3 is 18.6 Å². The molecule has 2 aliphatic carbocycles. The van der Waals surface area contributed by atoms with Crippen LogP contribution in [0, 0.1) is 19.8 Å². The van der Waals surface area contributed by atoms with Gasteiger partial charge in [0.1, 0.15) is 17.1 Å². The first-order valence-electron chi connectivity index (χ1n) is 13.2. The van der Waals surface area contributed by atoms with Crippen molar-refractivity contribution in [2.24, 2.45) is 5.92 Å². The summed E-state index contributed by atoms with van der Waals surface area (Å²) in [5.41, 5.74) is 1.77. The largest absolute Gasteiger partial charge is 0.458 e. The molecule has 0 bridgehead atoms. The zero-order valence-electron chi connectivity index (χ0n) is 22.0. The van der Waals surface area contributed by atoms with Gasteiger partial charge in [-0.3, -0.25) is 0 Å². The first kappa shape index (κ1) is 25.9. The van der Waals surface area contributed by atoms with E-state index in [1.165, 1.54) is 5.56 Å². The minimum Gasteiger partial charge on any atom is -0.458 e. The molecule has 6 nitrogen and oxygen atoms in total. The first-order chi connectivity index (χ1) is 16.6. The summed E-state index contributed by atoms with van der Waals surface area (Å²) in [6, 6.07) is 8.19. The van der Waals surface area contributed by atoms with E-state index in [4.69, 9.17) is 23.6 Å². The maximum absolute atomic E-state index is 12.9. The second kappa shape index (κ2) is 10.8. The van der Waals surface area contributed by atoms with Crippen LogP contribution in [-0.4, -0.2) is 34.9 Å². The topological polar surface area (TPSA) is 70.8 Å². The number of ether oxygens (including phenoxy) is 3. The van der Waals surface area contributed by atoms with Gasteiger partial charge >= 0.3 is 5.97 Å². The highest BCUT2D eigenvalue weighted by Gasteiger charge is 2.45. The average molecular weight is 484 g/mol. The second-order valence-electron chi connectivity index (χ2n) is 11.4. The SMILES string of the molecule is Cc1ccc(-c2nc(CO[C@@H]3CCC[C@H](COC4(C(=O)OC(C)(C)C)CCCC4)C3)c(C)o2)cc1. The highest BCUT2D eigenvalue weighted by molar-refractivity contribution is 5.80. The van der Waals surface area contributed by atoms with Crippen molar-refractivity contribution in [1.82, 2.24) is 4.98 Å². The quantitative estimate of drug-likeness (QED) is 0.389. The van der Waals surface area contributed by atoms with E-state index in [9.17, 15) is 4.79 Å². The predicted molar refractivity (Wildman–Crippen MR) is 135 cm³/mol. The number of hydrogen-bond donors (Lipinski definition) is 0. The zero-order chi connectivity index (χ0) is 25.1. The molecule has 2 aliphatic rings. The number of rotatable bonds is 8. The lowest BCUT2D eigenvalue weighted by atomic mass is 9.87. The van der Waals surface area contributed by atoms with Gasteiger partial charge in [0.2, 0.25) is 5.89 Å². The van der Waals surface area contributed by atoms with Crippen molar-refractivity contribution in [1.29, 1.82) is 0 Å². The van der Waals surface area contributed by atoms with Crippen LogP contribution in [0.5, 0.6) is 0 Å². The number of carbonyl (C=O) groups excluding carboxylic acids is 1. The van der Waals surface area contributed by atoms with Crippen LogP contribution in [0.4, 0.5) is 0 Å². The Morgan fingerprint density at radius 3 is 2.49 bits per heavy atom. The van der Waals surface area contributed by atoms with E-state index in [1.54, 1.807) is 0 Å². The van der Waals surface area contributed by atoms with E-state index in [-0.39, 0.29) is 12.1 Å². The molecule has 0 aliphatic heterocycles. The molecule has 2 saturated carbocycles. The summed E-state index contributed by atoms with van der Waals surface area (Å²) in [6.45, 7) is 10.8. The van der Waals surface area contributed by atoms with Gasteiger partial charge in [0, 0.05) is 5.56 Å². The van der Waals surface area contributed by atoms with Gasteiger partial charge in [-0.1, -0.05) is 24.1 Å². The van der Waals surface area contributed by atoms with Crippen molar-refractivity contribution in [3.8, 4) is 11.5 Å². The lowest BCUT2D eigenvalue weighted by molar-refractivity contribution is -0.186. The molecule has 0 amide bonds. The van der Waals surface area contributed by atoms with Crippen LogP contribution in [0.15, 0.2) is 28.7 Å². The van der Waals surface area contributed by atoms with E-state index >= 15 is 0 Å². The molecule has 0 unspecified atom stereocenters. The summed E-state index contributed by atoms with van der Waals surface area (Å²) in [6.07, 6.45) is 7.87. The van der Waals surface area contributed by atoms with Gasteiger partial charge in [0.25, 0.3) is 0 Å². The van der Waals surface area contributed by atoms with Crippen LogP contribution < -0.4 is 0 Å². The summed E-state index contributed by atoms with van der Waals surface area (Å²) < 4.78 is 24.3. The van der Waals surface area contributed by atoms with E-state index < -0.39 is 11.2 Å². The fourth-order valence-corrected chi connectivity index (χ4v) is 5.12. The predicted octanol–water partition coefficient (Wildman–Crippen LogP) is 6.70. The van der Waals surface area contributed by atoms with Crippen molar-refractivity contribution >= 4 is 5.97 Å². The Balaban J connectivity index is 1.30. The molecule has 35 heavy (non-hydrogen) atoms. The summed E-state index contributed by atoms with van der Waals surface area (Å²) in [5, 5.41) is 0. The third kappa shape index (κ3) is 6.73. The Hall–Kier alpha value is -2.18. The number of oxazole rings is 1. The van der Waals surface area contributed by atoms with E-state index in [2.05, 4.69) is 19.1 Å². The summed E-state index contributed by atoms with van der Waals surface area (Å²) >= 11 is 0. The number of benzene rings is 1. The number of nitrogens with zero attached hydrogens (tertiary/aromatic N) is 1. The normalized spacial score (nSPS) is 22.3. The molecule has 0 N–H and O–H groups in total. The molecule has 6 heteroatoms. The van der Waals surface area contributed by atoms with E-state index in [0.29, 0.717) is 25.0 Å². The Morgan fingerprint density at radius 2 is 1.80 bits per heavy atom. The zero-order valence-corrected chi connectivity index (χ0v) is 22.0. The Kier molecular flexibility index (Phi) is 8.02. The molecule has 0 radical (unpaired) electrons. The second-order valence-corrected chi connectivity index (χ2v) is 11.4. The highest BCUT2D eigenvalue weighted by Crippen LogP contribution is 2.37. The number of hydrogen-bond acceptors (Lipinski definition) is 6. The summed E-state index contributed by atoms with van der Waals surface area (Å²) in [7, 11) is 0. The Morgan fingerprint density at radius 1 is 1.09 bits per heavy atom. The number of carbonyl (C=O) groups is 1. The minimum atomic E-state index is -0.773. The molecule has 0 saturated heterocycles. The van der Waals surface area contributed by atoms with Gasteiger partial charge in [-0.25, -0.2) is 9.78 Å². The van der Waals surface area contributed by atoms with Crippen molar-refractivity contribution in [2.45, 2.75) is 110 Å². The van der Waals surface area contributed by atoms with Gasteiger partial charge in [0.05, 0.1) is 19.3 Å². The summed E-state index contributed by atoms with van der Waals surface area (Å²) in [4.78, 5) is 17.6. The molecule has 0 spiro atoms. The van der Waals surface area contributed by atoms with Crippen LogP contribution >= 0.6 is 0 Å². The Labute approximate surface area is 209 Å². The summed E-state index contributed by atoms with van der Waals surface area (Å²) in [5.74, 6) is 1.63. The minimum absolute atomic E-state index is 0.164. The van der Waals surface area contributed by atoms with Crippen LogP contribution in [0.25, 0.3) is 11.5 Å². The maximum atomic E-state index is 12.9. The van der Waals surface area contributed by atoms with E-state index in [1.807, 2.05) is 39.8 Å². The van der Waals surface area contributed by atoms with Crippen molar-refractivity contribution in [3.63, 3.8) is 0 Å². The van der Waals surface area contributed by atoms with Gasteiger partial charge in [-0.05, 0) is 97.6 Å². The first-order valence-corrected chi connectivity index (χ1v) is 13.2. The van der Waals surface area contributed by atoms with Crippen LogP contribution in [0.3, 0.4) is 0 Å². The van der Waals surface area contributed by atoms with Crippen LogP contribution in [0.2, 0.25) is 0 Å². The third-order valence-electron chi connectivity index (χ3n) is 7.16. The van der Waals surface area contributed by atoms with Crippen molar-refractivity contribution in [3.05, 3.63) is 41.3 Å². The maximum Gasteiger partial charge on any atom is 0.338 e. The molecule has 2 fully saturated rings. The standard InChI is InChI=1S/C29H41NO5/c1-20-11-13-23(14-12-20)26-30-25(21(2)34-26)19-32-24-10-8-9-22(17-24)18-33-29(15-6-7-16-29)27(31)35-28(3,4)5/h11-14,22,24H,6-10,15-19H2,1-5H3/t22-,24+/m0/s1. The number of esters is 1. The molecular formula is C29H41NO5. The molecule has 4 rings (SSSR count). The molecular weight excluding hydrogens is 442 g/mol. The number of aromatic nitrogens is 1.